The molecule has 2 aromatic carbocycles. The first-order valence-corrected chi connectivity index (χ1v) is 7.46. The van der Waals surface area contributed by atoms with E-state index in [9.17, 15) is 0 Å². The predicted octanol–water partition coefficient (Wildman–Crippen LogP) is 4.97. The van der Waals surface area contributed by atoms with E-state index >= 15 is 0 Å². The van der Waals surface area contributed by atoms with Crippen LogP contribution in [0.15, 0.2) is 85.0 Å². The molecule has 0 heterocycles. The quantitative estimate of drug-likeness (QED) is 0.509. The minimum Gasteiger partial charge on any atom is -0.461 e. The summed E-state index contributed by atoms with van der Waals surface area (Å²) < 4.78 is 17.6. The van der Waals surface area contributed by atoms with Gasteiger partial charge in [-0.1, -0.05) is 49.6 Å². The summed E-state index contributed by atoms with van der Waals surface area (Å²) in [5, 5.41) is 0. The van der Waals surface area contributed by atoms with Crippen LogP contribution in [-0.4, -0.2) is 12.6 Å². The van der Waals surface area contributed by atoms with Gasteiger partial charge in [0.05, 0.1) is 0 Å². The van der Waals surface area contributed by atoms with Gasteiger partial charge < -0.3 is 9.47 Å². The molecular formula is C20H22O3. The molecule has 0 radical (unpaired) electrons. The summed E-state index contributed by atoms with van der Waals surface area (Å²) in [6.07, 6.45) is -1.24. The fraction of sp³-hybridized carbons (Fsp3) is 0.200. The van der Waals surface area contributed by atoms with Gasteiger partial charge in [-0.25, -0.2) is 0 Å². The Morgan fingerprint density at radius 2 is 1.04 bits per heavy atom. The lowest BCUT2D eigenvalue weighted by molar-refractivity contribution is -0.150. The van der Waals surface area contributed by atoms with E-state index in [2.05, 4.69) is 13.2 Å². The van der Waals surface area contributed by atoms with Crippen molar-refractivity contribution in [3.05, 3.63) is 85.0 Å². The zero-order valence-corrected chi connectivity index (χ0v) is 13.6. The Kier molecular flexibility index (Phi) is 6.01. The number of hydrogen-bond acceptors (Lipinski definition) is 3. The largest absolute Gasteiger partial charge is 0.461 e. The van der Waals surface area contributed by atoms with Crippen molar-refractivity contribution in [2.75, 3.05) is 0 Å². The van der Waals surface area contributed by atoms with Crippen molar-refractivity contribution < 1.29 is 14.2 Å². The number of rotatable bonds is 8. The molecule has 23 heavy (non-hydrogen) atoms. The highest BCUT2D eigenvalue weighted by Gasteiger charge is 2.21. The van der Waals surface area contributed by atoms with E-state index in [4.69, 9.17) is 14.2 Å². The fourth-order valence-corrected chi connectivity index (χ4v) is 1.85. The first-order valence-electron chi connectivity index (χ1n) is 7.46. The molecule has 0 saturated carbocycles. The minimum absolute atomic E-state index is 0.622. The van der Waals surface area contributed by atoms with Crippen LogP contribution in [0.5, 0.6) is 11.5 Å². The molecule has 3 nitrogen and oxygen atoms in total. The third-order valence-corrected chi connectivity index (χ3v) is 3.02. The van der Waals surface area contributed by atoms with Crippen molar-refractivity contribution in [1.82, 2.24) is 0 Å². The molecule has 0 saturated heterocycles. The third kappa shape index (κ3) is 5.31. The number of ether oxygens (including phenoxy) is 3. The van der Waals surface area contributed by atoms with Gasteiger partial charge in [0, 0.05) is 0 Å². The molecule has 3 heteroatoms. The summed E-state index contributed by atoms with van der Waals surface area (Å²) >= 11 is 0. The Bertz CT molecular complexity index is 577. The van der Waals surface area contributed by atoms with Crippen LogP contribution in [-0.2, 0) is 4.74 Å². The van der Waals surface area contributed by atoms with Crippen molar-refractivity contribution in [2.24, 2.45) is 0 Å². The summed E-state index contributed by atoms with van der Waals surface area (Å²) in [6, 6.07) is 18.9. The second-order valence-corrected chi connectivity index (χ2v) is 5.35. The van der Waals surface area contributed by atoms with Gasteiger partial charge in [0.25, 0.3) is 0 Å². The van der Waals surface area contributed by atoms with E-state index in [1.807, 2.05) is 74.5 Å². The van der Waals surface area contributed by atoms with Crippen LogP contribution in [0, 0.1) is 0 Å². The van der Waals surface area contributed by atoms with Crippen molar-refractivity contribution in [2.45, 2.75) is 26.4 Å². The van der Waals surface area contributed by atoms with E-state index in [-0.39, 0.29) is 0 Å². The second-order valence-electron chi connectivity index (χ2n) is 5.35. The molecule has 2 atom stereocenters. The van der Waals surface area contributed by atoms with Gasteiger partial charge in [-0.3, -0.25) is 4.74 Å². The first-order chi connectivity index (χ1) is 11.1. The smallest absolute Gasteiger partial charge is 0.225 e. The first kappa shape index (κ1) is 16.8. The monoisotopic (exact) mass is 310 g/mol. The van der Waals surface area contributed by atoms with Crippen molar-refractivity contribution in [3.63, 3.8) is 0 Å². The molecule has 0 aromatic heterocycles. The second kappa shape index (κ2) is 8.20. The van der Waals surface area contributed by atoms with Crippen LogP contribution in [0.3, 0.4) is 0 Å². The Morgan fingerprint density at radius 3 is 1.35 bits per heavy atom. The number of para-hydroxylation sites is 2. The maximum absolute atomic E-state index is 5.94. The van der Waals surface area contributed by atoms with Gasteiger partial charge in [-0.05, 0) is 49.3 Å². The summed E-state index contributed by atoms with van der Waals surface area (Å²) in [5.74, 6) is 1.42. The van der Waals surface area contributed by atoms with E-state index in [0.29, 0.717) is 11.5 Å². The van der Waals surface area contributed by atoms with Gasteiger partial charge in [0.15, 0.2) is 0 Å². The maximum atomic E-state index is 5.94. The van der Waals surface area contributed by atoms with E-state index in [1.54, 1.807) is 0 Å². The summed E-state index contributed by atoms with van der Waals surface area (Å²) in [5.41, 5.74) is 1.49. The zero-order valence-electron chi connectivity index (χ0n) is 13.6. The molecular weight excluding hydrogens is 288 g/mol. The molecule has 0 spiro atoms. The number of benzene rings is 2. The molecule has 0 amide bonds. The van der Waals surface area contributed by atoms with Crippen LogP contribution < -0.4 is 9.47 Å². The van der Waals surface area contributed by atoms with Gasteiger partial charge >= 0.3 is 0 Å². The van der Waals surface area contributed by atoms with Crippen molar-refractivity contribution >= 4 is 0 Å². The topological polar surface area (TPSA) is 27.7 Å². The summed E-state index contributed by atoms with van der Waals surface area (Å²) in [7, 11) is 0. The summed E-state index contributed by atoms with van der Waals surface area (Å²) in [6.45, 7) is 11.6. The molecule has 2 unspecified atom stereocenters. The third-order valence-electron chi connectivity index (χ3n) is 3.02. The van der Waals surface area contributed by atoms with Gasteiger partial charge in [0.1, 0.15) is 11.5 Å². The van der Waals surface area contributed by atoms with Crippen LogP contribution in [0.1, 0.15) is 13.8 Å². The van der Waals surface area contributed by atoms with Crippen LogP contribution in [0.25, 0.3) is 0 Å². The Hall–Kier alpha value is -2.52. The minimum atomic E-state index is -0.622. The lowest BCUT2D eigenvalue weighted by Gasteiger charge is -2.26. The average Bonchev–Trinajstić information content (AvgIpc) is 2.55. The highest BCUT2D eigenvalue weighted by atomic mass is 16.8. The molecule has 120 valence electrons. The predicted molar refractivity (Wildman–Crippen MR) is 92.4 cm³/mol. The maximum Gasteiger partial charge on any atom is 0.225 e. The molecule has 0 aliphatic rings. The molecule has 0 fully saturated rings. The molecule has 2 rings (SSSR count). The SMILES string of the molecule is C=C(C)C(Oc1ccccc1)OC(Oc1ccccc1)C(=C)C. The highest BCUT2D eigenvalue weighted by Crippen LogP contribution is 2.21. The van der Waals surface area contributed by atoms with E-state index in [0.717, 1.165) is 11.1 Å². The van der Waals surface area contributed by atoms with Crippen molar-refractivity contribution in [1.29, 1.82) is 0 Å². The highest BCUT2D eigenvalue weighted by molar-refractivity contribution is 5.23. The van der Waals surface area contributed by atoms with Crippen LogP contribution in [0.2, 0.25) is 0 Å². The van der Waals surface area contributed by atoms with Crippen molar-refractivity contribution in [3.8, 4) is 11.5 Å². The molecule has 0 bridgehead atoms. The van der Waals surface area contributed by atoms with Crippen LogP contribution >= 0.6 is 0 Å². The van der Waals surface area contributed by atoms with E-state index < -0.39 is 12.6 Å². The zero-order chi connectivity index (χ0) is 16.7. The lowest BCUT2D eigenvalue weighted by atomic mass is 10.3. The lowest BCUT2D eigenvalue weighted by Crippen LogP contribution is -2.32. The molecule has 0 N–H and O–H groups in total. The van der Waals surface area contributed by atoms with E-state index in [1.165, 1.54) is 0 Å². The normalized spacial score (nSPS) is 13.0. The molecule has 2 aromatic rings. The van der Waals surface area contributed by atoms with Gasteiger partial charge in [-0.2, -0.15) is 0 Å². The molecule has 0 aliphatic carbocycles. The standard InChI is InChI=1S/C20H22O3/c1-15(2)19(21-17-11-7-5-8-12-17)23-20(16(3)4)22-18-13-9-6-10-14-18/h5-14,19-20H,1,3H2,2,4H3. The Morgan fingerprint density at radius 1 is 0.696 bits per heavy atom. The number of hydrogen-bond donors (Lipinski definition) is 0. The Balaban J connectivity index is 2.08. The Labute approximate surface area is 137 Å². The van der Waals surface area contributed by atoms with Gasteiger partial charge in [0.2, 0.25) is 12.6 Å². The van der Waals surface area contributed by atoms with Crippen LogP contribution in [0.4, 0.5) is 0 Å². The fourth-order valence-electron chi connectivity index (χ4n) is 1.85. The summed E-state index contributed by atoms with van der Waals surface area (Å²) in [4.78, 5) is 0. The average molecular weight is 310 g/mol. The molecule has 0 aliphatic heterocycles. The van der Waals surface area contributed by atoms with Gasteiger partial charge in [-0.15, -0.1) is 0 Å².